The summed E-state index contributed by atoms with van der Waals surface area (Å²) < 4.78 is 0. The summed E-state index contributed by atoms with van der Waals surface area (Å²) in [6.07, 6.45) is 5.11. The van der Waals surface area contributed by atoms with Gasteiger partial charge in [0.05, 0.1) is 0 Å². The Hall–Kier alpha value is -2.49. The van der Waals surface area contributed by atoms with Crippen molar-refractivity contribution in [2.45, 2.75) is 39.0 Å². The molecule has 1 saturated heterocycles. The van der Waals surface area contributed by atoms with Gasteiger partial charge in [-0.25, -0.2) is 0 Å². The highest BCUT2D eigenvalue weighted by Gasteiger charge is 2.45. The zero-order chi connectivity index (χ0) is 18.3. The smallest absolute Gasteiger partial charge is 0.258 e. The number of allylic oxidation sites excluding steroid dienone is 3. The number of Topliss-reactive ketones (excluding diaryl/α,β-unsaturated/α-hetero) is 2. The third-order valence-corrected chi connectivity index (χ3v) is 5.81. The molecule has 2 aliphatic carbocycles. The van der Waals surface area contributed by atoms with Crippen molar-refractivity contribution in [2.24, 2.45) is 11.8 Å². The number of ketones is 2. The topological polar surface area (TPSA) is 54.5 Å². The summed E-state index contributed by atoms with van der Waals surface area (Å²) in [5, 5.41) is 0. The number of likely N-dealkylation sites (tertiary alicyclic amines) is 1. The van der Waals surface area contributed by atoms with Crippen LogP contribution in [0.5, 0.6) is 0 Å². The molecule has 0 saturated carbocycles. The van der Waals surface area contributed by atoms with Gasteiger partial charge in [0.15, 0.2) is 5.78 Å². The van der Waals surface area contributed by atoms with Crippen molar-refractivity contribution < 1.29 is 14.4 Å². The molecule has 2 atom stereocenters. The molecule has 1 fully saturated rings. The first-order chi connectivity index (χ1) is 12.6. The molecule has 1 amide bonds. The number of benzene rings is 1. The maximum Gasteiger partial charge on any atom is 0.258 e. The summed E-state index contributed by atoms with van der Waals surface area (Å²) >= 11 is 0. The number of hydrogen-bond donors (Lipinski definition) is 0. The minimum Gasteiger partial charge on any atom is -0.308 e. The van der Waals surface area contributed by atoms with Crippen LogP contribution in [0.2, 0.25) is 0 Å². The summed E-state index contributed by atoms with van der Waals surface area (Å²) in [6, 6.07) is 9.29. The second kappa shape index (κ2) is 6.67. The molecule has 1 aromatic rings. The van der Waals surface area contributed by atoms with E-state index in [-0.39, 0.29) is 29.3 Å². The Labute approximate surface area is 153 Å². The van der Waals surface area contributed by atoms with E-state index in [0.29, 0.717) is 31.4 Å². The molecule has 2 unspecified atom stereocenters. The number of rotatable bonds is 4. The van der Waals surface area contributed by atoms with E-state index >= 15 is 0 Å². The fourth-order valence-corrected chi connectivity index (χ4v) is 4.54. The average Bonchev–Trinajstić information content (AvgIpc) is 3.05. The molecular weight excluding hydrogens is 326 g/mol. The van der Waals surface area contributed by atoms with Gasteiger partial charge >= 0.3 is 0 Å². The van der Waals surface area contributed by atoms with Crippen LogP contribution in [0.3, 0.4) is 0 Å². The lowest BCUT2D eigenvalue weighted by Crippen LogP contribution is -2.30. The van der Waals surface area contributed by atoms with Gasteiger partial charge in [-0.1, -0.05) is 31.2 Å². The van der Waals surface area contributed by atoms with Crippen molar-refractivity contribution in [3.8, 4) is 0 Å². The highest BCUT2D eigenvalue weighted by atomic mass is 16.2. The van der Waals surface area contributed by atoms with E-state index in [1.165, 1.54) is 0 Å². The summed E-state index contributed by atoms with van der Waals surface area (Å²) in [6.45, 7) is 2.46. The lowest BCUT2D eigenvalue weighted by atomic mass is 9.72. The molecule has 1 aromatic carbocycles. The maximum atomic E-state index is 13.0. The largest absolute Gasteiger partial charge is 0.308 e. The number of carbonyl (C=O) groups excluding carboxylic acids is 3. The molecule has 0 radical (unpaired) electrons. The van der Waals surface area contributed by atoms with Crippen LogP contribution in [-0.4, -0.2) is 28.9 Å². The molecule has 4 rings (SSSR count). The quantitative estimate of drug-likeness (QED) is 0.833. The molecule has 0 aromatic heterocycles. The predicted molar refractivity (Wildman–Crippen MR) is 98.3 cm³/mol. The van der Waals surface area contributed by atoms with Crippen LogP contribution in [-0.2, 0) is 9.59 Å². The van der Waals surface area contributed by atoms with Crippen molar-refractivity contribution in [3.63, 3.8) is 0 Å². The molecule has 0 N–H and O–H groups in total. The normalized spacial score (nSPS) is 24.4. The van der Waals surface area contributed by atoms with E-state index in [1.807, 2.05) is 42.2 Å². The zero-order valence-electron chi connectivity index (χ0n) is 15.0. The molecule has 134 valence electrons. The third kappa shape index (κ3) is 2.74. The standard InChI is InChI=1S/C22H23NO3/c1-2-17(24)12-15-11-16-13-23(22(26)14-7-4-3-5-8-14)19-10-6-9-18(20(16)19)21(15)25/h3-5,7-8,10,15-16H,2,6,9,11-13H2,1H3. The SMILES string of the molecule is CCC(=O)CC1CC2CN(C(=O)c3ccccc3)C3=CCCC(=C32)C1=O. The second-order valence-corrected chi connectivity index (χ2v) is 7.39. The first kappa shape index (κ1) is 17.0. The Balaban J connectivity index is 1.65. The zero-order valence-corrected chi connectivity index (χ0v) is 15.0. The summed E-state index contributed by atoms with van der Waals surface area (Å²) in [4.78, 5) is 39.7. The van der Waals surface area contributed by atoms with Crippen molar-refractivity contribution >= 4 is 17.5 Å². The van der Waals surface area contributed by atoms with E-state index < -0.39 is 0 Å². The van der Waals surface area contributed by atoms with E-state index in [9.17, 15) is 14.4 Å². The van der Waals surface area contributed by atoms with Crippen LogP contribution >= 0.6 is 0 Å². The predicted octanol–water partition coefficient (Wildman–Crippen LogP) is 3.69. The molecule has 4 nitrogen and oxygen atoms in total. The molecule has 3 aliphatic rings. The van der Waals surface area contributed by atoms with Gasteiger partial charge in [0.1, 0.15) is 5.78 Å². The highest BCUT2D eigenvalue weighted by Crippen LogP contribution is 2.47. The van der Waals surface area contributed by atoms with Gasteiger partial charge in [0, 0.05) is 48.1 Å². The third-order valence-electron chi connectivity index (χ3n) is 5.81. The first-order valence-electron chi connectivity index (χ1n) is 9.46. The van der Waals surface area contributed by atoms with E-state index in [2.05, 4.69) is 6.08 Å². The average molecular weight is 349 g/mol. The Kier molecular flexibility index (Phi) is 4.35. The molecule has 4 heteroatoms. The molecular formula is C22H23NO3. The van der Waals surface area contributed by atoms with E-state index in [0.717, 1.165) is 29.7 Å². The van der Waals surface area contributed by atoms with Crippen LogP contribution in [0.1, 0.15) is 49.4 Å². The maximum absolute atomic E-state index is 13.0. The molecule has 0 spiro atoms. The van der Waals surface area contributed by atoms with Crippen molar-refractivity contribution in [1.82, 2.24) is 4.90 Å². The molecule has 1 heterocycles. The van der Waals surface area contributed by atoms with Crippen molar-refractivity contribution in [1.29, 1.82) is 0 Å². The van der Waals surface area contributed by atoms with Gasteiger partial charge in [-0.15, -0.1) is 0 Å². The Bertz CT molecular complexity index is 834. The lowest BCUT2D eigenvalue weighted by Gasteiger charge is -2.30. The minimum atomic E-state index is -0.211. The van der Waals surface area contributed by atoms with Crippen LogP contribution in [0.15, 0.2) is 53.3 Å². The van der Waals surface area contributed by atoms with Gasteiger partial charge in [-0.05, 0) is 37.0 Å². The Morgan fingerprint density at radius 3 is 2.69 bits per heavy atom. The van der Waals surface area contributed by atoms with Gasteiger partial charge in [-0.3, -0.25) is 14.4 Å². The van der Waals surface area contributed by atoms with Gasteiger partial charge in [0.2, 0.25) is 0 Å². The lowest BCUT2D eigenvalue weighted by molar-refractivity contribution is -0.126. The summed E-state index contributed by atoms with van der Waals surface area (Å²) in [5.41, 5.74) is 3.55. The monoisotopic (exact) mass is 349 g/mol. The Morgan fingerprint density at radius 1 is 1.19 bits per heavy atom. The number of amides is 1. The second-order valence-electron chi connectivity index (χ2n) is 7.39. The van der Waals surface area contributed by atoms with Gasteiger partial charge < -0.3 is 4.90 Å². The first-order valence-corrected chi connectivity index (χ1v) is 9.46. The van der Waals surface area contributed by atoms with Crippen LogP contribution in [0.4, 0.5) is 0 Å². The van der Waals surface area contributed by atoms with Crippen LogP contribution in [0.25, 0.3) is 0 Å². The number of nitrogens with zero attached hydrogens (tertiary/aromatic N) is 1. The van der Waals surface area contributed by atoms with Gasteiger partial charge in [-0.2, -0.15) is 0 Å². The molecule has 26 heavy (non-hydrogen) atoms. The van der Waals surface area contributed by atoms with Crippen LogP contribution in [0, 0.1) is 11.8 Å². The highest BCUT2D eigenvalue weighted by molar-refractivity contribution is 6.03. The van der Waals surface area contributed by atoms with Gasteiger partial charge in [0.25, 0.3) is 5.91 Å². The summed E-state index contributed by atoms with van der Waals surface area (Å²) in [7, 11) is 0. The number of carbonyl (C=O) groups is 3. The summed E-state index contributed by atoms with van der Waals surface area (Å²) in [5.74, 6) is 0.245. The van der Waals surface area contributed by atoms with E-state index in [1.54, 1.807) is 0 Å². The fourth-order valence-electron chi connectivity index (χ4n) is 4.54. The molecule has 0 bridgehead atoms. The molecule has 1 aliphatic heterocycles. The van der Waals surface area contributed by atoms with Crippen molar-refractivity contribution in [2.75, 3.05) is 6.54 Å². The van der Waals surface area contributed by atoms with Crippen molar-refractivity contribution in [3.05, 3.63) is 58.8 Å². The Morgan fingerprint density at radius 2 is 1.96 bits per heavy atom. The number of hydrogen-bond acceptors (Lipinski definition) is 3. The van der Waals surface area contributed by atoms with Crippen LogP contribution < -0.4 is 0 Å². The van der Waals surface area contributed by atoms with E-state index in [4.69, 9.17) is 0 Å². The minimum absolute atomic E-state index is 0.00589. The fraction of sp³-hybridized carbons (Fsp3) is 0.409.